The number of benzene rings is 1. The van der Waals surface area contributed by atoms with Gasteiger partial charge < -0.3 is 15.5 Å². The van der Waals surface area contributed by atoms with E-state index >= 15 is 0 Å². The van der Waals surface area contributed by atoms with Crippen LogP contribution in [0, 0.1) is 11.6 Å². The number of hydrogen-bond acceptors (Lipinski definition) is 4. The molecule has 2 atom stereocenters. The summed E-state index contributed by atoms with van der Waals surface area (Å²) in [4.78, 5) is 9.07. The second-order valence-electron chi connectivity index (χ2n) is 8.57. The topological polar surface area (TPSA) is 60.7 Å². The molecule has 2 aromatic rings. The normalized spacial score (nSPS) is 18.7. The van der Waals surface area contributed by atoms with Crippen molar-refractivity contribution < 1.29 is 8.78 Å². The van der Waals surface area contributed by atoms with Crippen molar-refractivity contribution in [2.75, 3.05) is 40.3 Å². The van der Waals surface area contributed by atoms with E-state index in [1.165, 1.54) is 18.2 Å². The third kappa shape index (κ3) is 6.49. The molecule has 0 radical (unpaired) electrons. The molecule has 1 aromatic carbocycles. The van der Waals surface area contributed by atoms with E-state index in [4.69, 9.17) is 4.99 Å². The number of aryl methyl sites for hydroxylation is 1. The summed E-state index contributed by atoms with van der Waals surface area (Å²) in [6.07, 6.45) is 5.84. The molecule has 3 rings (SSSR count). The van der Waals surface area contributed by atoms with Gasteiger partial charge in [0, 0.05) is 50.0 Å². The maximum absolute atomic E-state index is 14.1. The molecular weight excluding hydrogens is 412 g/mol. The number of likely N-dealkylation sites (tertiary alicyclic amines) is 1. The van der Waals surface area contributed by atoms with Gasteiger partial charge in [0.25, 0.3) is 0 Å². The average molecular weight is 448 g/mol. The summed E-state index contributed by atoms with van der Waals surface area (Å²) >= 11 is 0. The number of piperidine rings is 1. The van der Waals surface area contributed by atoms with Gasteiger partial charge in [-0.15, -0.1) is 0 Å². The molecule has 1 fully saturated rings. The summed E-state index contributed by atoms with van der Waals surface area (Å²) in [6.45, 7) is 5.18. The Bertz CT molecular complexity index is 876. The Balaban J connectivity index is 1.64. The highest BCUT2D eigenvalue weighted by atomic mass is 19.1. The predicted molar refractivity (Wildman–Crippen MR) is 123 cm³/mol. The maximum Gasteiger partial charge on any atom is 0.191 e. The van der Waals surface area contributed by atoms with Crippen LogP contribution in [-0.4, -0.2) is 71.9 Å². The van der Waals surface area contributed by atoms with Crippen molar-refractivity contribution in [2.45, 2.75) is 38.4 Å². The van der Waals surface area contributed by atoms with Crippen LogP contribution in [0.25, 0.3) is 0 Å². The molecule has 2 heterocycles. The number of aliphatic imine (C=N–C) groups is 1. The minimum Gasteiger partial charge on any atom is -0.357 e. The van der Waals surface area contributed by atoms with Gasteiger partial charge in [0.2, 0.25) is 0 Å². The zero-order chi connectivity index (χ0) is 23.1. The fourth-order valence-corrected chi connectivity index (χ4v) is 4.09. The van der Waals surface area contributed by atoms with E-state index in [-0.39, 0.29) is 24.2 Å². The second-order valence-corrected chi connectivity index (χ2v) is 8.57. The Labute approximate surface area is 189 Å². The Morgan fingerprint density at radius 2 is 2.06 bits per heavy atom. The van der Waals surface area contributed by atoms with E-state index in [2.05, 4.69) is 25.5 Å². The van der Waals surface area contributed by atoms with Crippen molar-refractivity contribution in [3.63, 3.8) is 0 Å². The molecule has 1 aromatic heterocycles. The first kappa shape index (κ1) is 24.1. The predicted octanol–water partition coefficient (Wildman–Crippen LogP) is 2.52. The highest BCUT2D eigenvalue weighted by molar-refractivity contribution is 5.80. The van der Waals surface area contributed by atoms with Gasteiger partial charge in [0.15, 0.2) is 5.96 Å². The third-order valence-corrected chi connectivity index (χ3v) is 5.79. The van der Waals surface area contributed by atoms with Gasteiger partial charge in [-0.2, -0.15) is 5.10 Å². The molecule has 0 aliphatic carbocycles. The molecule has 9 heteroatoms. The Hall–Kier alpha value is -2.52. The number of guanidine groups is 1. The highest BCUT2D eigenvalue weighted by Crippen LogP contribution is 2.19. The van der Waals surface area contributed by atoms with Gasteiger partial charge in [-0.3, -0.25) is 14.6 Å². The van der Waals surface area contributed by atoms with Crippen molar-refractivity contribution in [2.24, 2.45) is 12.0 Å². The summed E-state index contributed by atoms with van der Waals surface area (Å²) in [5.74, 6) is -0.215. The van der Waals surface area contributed by atoms with Gasteiger partial charge in [-0.25, -0.2) is 8.78 Å². The van der Waals surface area contributed by atoms with Crippen molar-refractivity contribution >= 4 is 5.96 Å². The third-order valence-electron chi connectivity index (χ3n) is 5.79. The van der Waals surface area contributed by atoms with Crippen LogP contribution in [0.4, 0.5) is 8.78 Å². The summed E-state index contributed by atoms with van der Waals surface area (Å²) in [6, 6.07) is 4.31. The molecule has 0 spiro atoms. The minimum atomic E-state index is -0.486. The monoisotopic (exact) mass is 447 g/mol. The largest absolute Gasteiger partial charge is 0.357 e. The SMILES string of the molecule is CCNC(=NCC(c1cnn(C)c1)N(C)C)NC1CCCN(Cc2c(F)cccc2F)C1. The summed E-state index contributed by atoms with van der Waals surface area (Å²) in [7, 11) is 5.98. The standard InChI is InChI=1S/C23H35F2N7/c1-5-26-23(27-13-22(30(2)3)17-12-28-31(4)14-17)29-18-8-7-11-32(15-18)16-19-20(24)9-6-10-21(19)25/h6,9-10,12,14,18,22H,5,7-8,11,13,15-16H2,1-4H3,(H2,26,27,29). The summed E-state index contributed by atoms with van der Waals surface area (Å²) in [5.41, 5.74) is 1.26. The molecule has 1 aliphatic rings. The van der Waals surface area contributed by atoms with Crippen LogP contribution in [0.2, 0.25) is 0 Å². The van der Waals surface area contributed by atoms with Gasteiger partial charge in [0.05, 0.1) is 18.8 Å². The van der Waals surface area contributed by atoms with E-state index in [0.29, 0.717) is 13.1 Å². The fourth-order valence-electron chi connectivity index (χ4n) is 4.09. The lowest BCUT2D eigenvalue weighted by atomic mass is 10.0. The van der Waals surface area contributed by atoms with Crippen LogP contribution in [0.15, 0.2) is 35.6 Å². The zero-order valence-electron chi connectivity index (χ0n) is 19.5. The smallest absolute Gasteiger partial charge is 0.191 e. The molecule has 0 bridgehead atoms. The van der Waals surface area contributed by atoms with Crippen LogP contribution in [0.5, 0.6) is 0 Å². The zero-order valence-corrected chi connectivity index (χ0v) is 19.5. The van der Waals surface area contributed by atoms with E-state index < -0.39 is 11.6 Å². The van der Waals surface area contributed by atoms with E-state index in [1.54, 1.807) is 4.68 Å². The van der Waals surface area contributed by atoms with Gasteiger partial charge in [0.1, 0.15) is 11.6 Å². The quantitative estimate of drug-likeness (QED) is 0.481. The van der Waals surface area contributed by atoms with Crippen LogP contribution in [0.1, 0.15) is 36.9 Å². The number of nitrogens with zero attached hydrogens (tertiary/aromatic N) is 5. The Morgan fingerprint density at radius 1 is 1.31 bits per heavy atom. The molecule has 1 aliphatic heterocycles. The number of nitrogens with one attached hydrogen (secondary N) is 2. The van der Waals surface area contributed by atoms with E-state index in [0.717, 1.165) is 37.5 Å². The highest BCUT2D eigenvalue weighted by Gasteiger charge is 2.23. The van der Waals surface area contributed by atoms with Crippen LogP contribution in [-0.2, 0) is 13.6 Å². The molecule has 176 valence electrons. The molecular formula is C23H35F2N7. The van der Waals surface area contributed by atoms with Crippen molar-refractivity contribution in [3.8, 4) is 0 Å². The van der Waals surface area contributed by atoms with Crippen LogP contribution >= 0.6 is 0 Å². The molecule has 2 N–H and O–H groups in total. The minimum absolute atomic E-state index is 0.117. The molecule has 0 saturated carbocycles. The first-order valence-electron chi connectivity index (χ1n) is 11.2. The molecule has 7 nitrogen and oxygen atoms in total. The summed E-state index contributed by atoms with van der Waals surface area (Å²) < 4.78 is 29.9. The molecule has 0 amide bonds. The first-order valence-corrected chi connectivity index (χ1v) is 11.2. The lowest BCUT2D eigenvalue weighted by Gasteiger charge is -2.34. The number of hydrogen-bond donors (Lipinski definition) is 2. The number of halogens is 2. The number of rotatable bonds is 8. The number of likely N-dealkylation sites (N-methyl/N-ethyl adjacent to an activating group) is 1. The fraction of sp³-hybridized carbons (Fsp3) is 0.565. The second kappa shape index (κ2) is 11.4. The maximum atomic E-state index is 14.1. The first-order chi connectivity index (χ1) is 15.4. The Morgan fingerprint density at radius 3 is 2.69 bits per heavy atom. The van der Waals surface area contributed by atoms with E-state index in [9.17, 15) is 8.78 Å². The Kier molecular flexibility index (Phi) is 8.58. The van der Waals surface area contributed by atoms with Crippen LogP contribution in [0.3, 0.4) is 0 Å². The van der Waals surface area contributed by atoms with Gasteiger partial charge in [-0.05, 0) is 52.5 Å². The van der Waals surface area contributed by atoms with Crippen molar-refractivity contribution in [1.82, 2.24) is 30.2 Å². The lowest BCUT2D eigenvalue weighted by Crippen LogP contribution is -2.51. The molecule has 32 heavy (non-hydrogen) atoms. The van der Waals surface area contributed by atoms with Crippen molar-refractivity contribution in [3.05, 3.63) is 53.4 Å². The lowest BCUT2D eigenvalue weighted by molar-refractivity contribution is 0.188. The average Bonchev–Trinajstić information content (AvgIpc) is 3.17. The molecule has 2 unspecified atom stereocenters. The van der Waals surface area contributed by atoms with Gasteiger partial charge in [-0.1, -0.05) is 6.07 Å². The number of aromatic nitrogens is 2. The van der Waals surface area contributed by atoms with E-state index in [1.807, 2.05) is 40.5 Å². The molecule has 1 saturated heterocycles. The summed E-state index contributed by atoms with van der Waals surface area (Å²) in [5, 5.41) is 11.1. The van der Waals surface area contributed by atoms with Crippen molar-refractivity contribution in [1.29, 1.82) is 0 Å². The van der Waals surface area contributed by atoms with Gasteiger partial charge >= 0.3 is 0 Å². The van der Waals surface area contributed by atoms with Crippen LogP contribution < -0.4 is 10.6 Å².